The molecule has 0 fully saturated rings. The Morgan fingerprint density at radius 2 is 1.48 bits per heavy atom. The van der Waals surface area contributed by atoms with Crippen molar-refractivity contribution in [2.24, 2.45) is 0 Å². The van der Waals surface area contributed by atoms with Crippen LogP contribution in [0.2, 0.25) is 0 Å². The van der Waals surface area contributed by atoms with E-state index in [2.05, 4.69) is 5.32 Å². The van der Waals surface area contributed by atoms with Gasteiger partial charge in [0.15, 0.2) is 0 Å². The Hall–Kier alpha value is -3.14. The number of nitrogens with zero attached hydrogens (tertiary/aromatic N) is 1. The van der Waals surface area contributed by atoms with Crippen LogP contribution in [0.15, 0.2) is 72.8 Å². The van der Waals surface area contributed by atoms with Gasteiger partial charge in [-0.15, -0.1) is 0 Å². The molecule has 4 nitrogen and oxygen atoms in total. The number of carbonyl (C=O) groups excluding carboxylic acids is 2. The molecule has 23 heavy (non-hydrogen) atoms. The van der Waals surface area contributed by atoms with Gasteiger partial charge >= 0.3 is 11.8 Å². The summed E-state index contributed by atoms with van der Waals surface area (Å²) in [5.74, 6) is -1.27. The third kappa shape index (κ3) is 3.06. The van der Waals surface area contributed by atoms with E-state index in [0.717, 1.165) is 10.8 Å². The lowest BCUT2D eigenvalue weighted by molar-refractivity contribution is -0.134. The van der Waals surface area contributed by atoms with Crippen molar-refractivity contribution in [1.82, 2.24) is 0 Å². The van der Waals surface area contributed by atoms with Crippen LogP contribution in [-0.4, -0.2) is 18.9 Å². The van der Waals surface area contributed by atoms with Gasteiger partial charge in [-0.05, 0) is 23.6 Å². The molecule has 0 atom stereocenters. The summed E-state index contributed by atoms with van der Waals surface area (Å²) in [5.41, 5.74) is 1.30. The highest BCUT2D eigenvalue weighted by atomic mass is 16.2. The number of fused-ring (bicyclic) bond motifs is 1. The first-order valence-corrected chi connectivity index (χ1v) is 7.28. The topological polar surface area (TPSA) is 49.4 Å². The number of amides is 2. The van der Waals surface area contributed by atoms with Crippen LogP contribution in [0.5, 0.6) is 0 Å². The fourth-order valence-corrected chi connectivity index (χ4v) is 2.43. The van der Waals surface area contributed by atoms with E-state index in [4.69, 9.17) is 0 Å². The normalized spacial score (nSPS) is 10.3. The third-order valence-electron chi connectivity index (χ3n) is 3.68. The number of benzene rings is 3. The van der Waals surface area contributed by atoms with Crippen LogP contribution < -0.4 is 10.2 Å². The molecule has 1 N–H and O–H groups in total. The number of hydrogen-bond acceptors (Lipinski definition) is 2. The fraction of sp³-hybridized carbons (Fsp3) is 0.0526. The lowest BCUT2D eigenvalue weighted by Crippen LogP contribution is -2.37. The van der Waals surface area contributed by atoms with Crippen molar-refractivity contribution in [2.45, 2.75) is 0 Å². The summed E-state index contributed by atoms with van der Waals surface area (Å²) in [5, 5.41) is 4.62. The van der Waals surface area contributed by atoms with Crippen LogP contribution >= 0.6 is 0 Å². The van der Waals surface area contributed by atoms with Gasteiger partial charge in [0.05, 0.1) is 0 Å². The molecule has 0 aliphatic heterocycles. The van der Waals surface area contributed by atoms with E-state index in [9.17, 15) is 9.59 Å². The van der Waals surface area contributed by atoms with E-state index >= 15 is 0 Å². The van der Waals surface area contributed by atoms with Gasteiger partial charge < -0.3 is 10.2 Å². The van der Waals surface area contributed by atoms with E-state index in [1.165, 1.54) is 4.90 Å². The average Bonchev–Trinajstić information content (AvgIpc) is 2.61. The first-order valence-electron chi connectivity index (χ1n) is 7.28. The molecule has 0 heterocycles. The molecule has 3 rings (SSSR count). The number of para-hydroxylation sites is 1. The Labute approximate surface area is 134 Å². The van der Waals surface area contributed by atoms with Gasteiger partial charge in [0, 0.05) is 23.8 Å². The Morgan fingerprint density at radius 1 is 0.826 bits per heavy atom. The van der Waals surface area contributed by atoms with Crippen molar-refractivity contribution >= 4 is 34.0 Å². The highest BCUT2D eigenvalue weighted by molar-refractivity contribution is 6.44. The number of anilines is 2. The number of nitrogens with one attached hydrogen (secondary N) is 1. The fourth-order valence-electron chi connectivity index (χ4n) is 2.43. The molecule has 2 amide bonds. The quantitative estimate of drug-likeness (QED) is 0.737. The van der Waals surface area contributed by atoms with Crippen molar-refractivity contribution in [2.75, 3.05) is 17.3 Å². The van der Waals surface area contributed by atoms with Crippen LogP contribution in [0.3, 0.4) is 0 Å². The Balaban J connectivity index is 1.82. The maximum absolute atomic E-state index is 12.3. The SMILES string of the molecule is CN(C(=O)C(=O)Nc1cccc2ccccc12)c1ccccc1. The van der Waals surface area contributed by atoms with Gasteiger partial charge in [-0.1, -0.05) is 54.6 Å². The second kappa shape index (κ2) is 6.32. The maximum Gasteiger partial charge on any atom is 0.316 e. The van der Waals surface area contributed by atoms with E-state index in [0.29, 0.717) is 11.4 Å². The van der Waals surface area contributed by atoms with Gasteiger partial charge in [-0.3, -0.25) is 9.59 Å². The second-order valence-corrected chi connectivity index (χ2v) is 5.18. The average molecular weight is 304 g/mol. The zero-order valence-electron chi connectivity index (χ0n) is 12.7. The summed E-state index contributed by atoms with van der Waals surface area (Å²) in [6, 6.07) is 22.4. The summed E-state index contributed by atoms with van der Waals surface area (Å²) in [4.78, 5) is 25.9. The largest absolute Gasteiger partial charge is 0.317 e. The summed E-state index contributed by atoms with van der Waals surface area (Å²) in [6.07, 6.45) is 0. The van der Waals surface area contributed by atoms with E-state index in [1.807, 2.05) is 54.6 Å². The van der Waals surface area contributed by atoms with Gasteiger partial charge in [-0.25, -0.2) is 0 Å². The molecule has 0 saturated carbocycles. The van der Waals surface area contributed by atoms with E-state index in [1.54, 1.807) is 25.2 Å². The number of carbonyl (C=O) groups is 2. The van der Waals surface area contributed by atoms with Crippen molar-refractivity contribution in [3.8, 4) is 0 Å². The molecule has 0 aliphatic rings. The van der Waals surface area contributed by atoms with Gasteiger partial charge in [0.1, 0.15) is 0 Å². The predicted molar refractivity (Wildman–Crippen MR) is 92.4 cm³/mol. The summed E-state index contributed by atoms with van der Waals surface area (Å²) in [6.45, 7) is 0. The predicted octanol–water partition coefficient (Wildman–Crippen LogP) is 3.44. The standard InChI is InChI=1S/C19H16N2O2/c1-21(15-10-3-2-4-11-15)19(23)18(22)20-17-13-7-9-14-8-5-6-12-16(14)17/h2-13H,1H3,(H,20,22). The van der Waals surface area contributed by atoms with Gasteiger partial charge in [0.2, 0.25) is 0 Å². The summed E-state index contributed by atoms with van der Waals surface area (Å²) < 4.78 is 0. The van der Waals surface area contributed by atoms with Gasteiger partial charge in [0.25, 0.3) is 0 Å². The Bertz CT molecular complexity index is 854. The van der Waals surface area contributed by atoms with Crippen LogP contribution in [0.1, 0.15) is 0 Å². The highest BCUT2D eigenvalue weighted by Crippen LogP contribution is 2.23. The minimum atomic E-state index is -0.660. The molecule has 114 valence electrons. The van der Waals surface area contributed by atoms with Crippen LogP contribution in [0, 0.1) is 0 Å². The van der Waals surface area contributed by atoms with Crippen molar-refractivity contribution < 1.29 is 9.59 Å². The monoisotopic (exact) mass is 304 g/mol. The molecule has 3 aromatic rings. The Kier molecular flexibility index (Phi) is 4.06. The van der Waals surface area contributed by atoms with Gasteiger partial charge in [-0.2, -0.15) is 0 Å². The second-order valence-electron chi connectivity index (χ2n) is 5.18. The maximum atomic E-state index is 12.3. The zero-order valence-corrected chi connectivity index (χ0v) is 12.7. The lowest BCUT2D eigenvalue weighted by atomic mass is 10.1. The number of hydrogen-bond donors (Lipinski definition) is 1. The molecule has 0 aliphatic carbocycles. The first-order chi connectivity index (χ1) is 11.2. The van der Waals surface area contributed by atoms with Crippen molar-refractivity contribution in [3.05, 3.63) is 72.8 Å². The highest BCUT2D eigenvalue weighted by Gasteiger charge is 2.20. The minimum Gasteiger partial charge on any atom is -0.317 e. The molecule has 0 unspecified atom stereocenters. The molecule has 0 bridgehead atoms. The van der Waals surface area contributed by atoms with Crippen LogP contribution in [0.4, 0.5) is 11.4 Å². The summed E-state index contributed by atoms with van der Waals surface area (Å²) >= 11 is 0. The molecule has 0 saturated heterocycles. The molecule has 0 aromatic heterocycles. The Morgan fingerprint density at radius 3 is 2.26 bits per heavy atom. The minimum absolute atomic E-state index is 0.607. The number of rotatable bonds is 2. The zero-order chi connectivity index (χ0) is 16.2. The molecule has 4 heteroatoms. The molecular formula is C19H16N2O2. The molecular weight excluding hydrogens is 288 g/mol. The lowest BCUT2D eigenvalue weighted by Gasteiger charge is -2.17. The van der Waals surface area contributed by atoms with E-state index < -0.39 is 11.8 Å². The number of likely N-dealkylation sites (N-methyl/N-ethyl adjacent to an activating group) is 1. The van der Waals surface area contributed by atoms with Crippen LogP contribution in [0.25, 0.3) is 10.8 Å². The van der Waals surface area contributed by atoms with Crippen molar-refractivity contribution in [3.63, 3.8) is 0 Å². The van der Waals surface area contributed by atoms with Crippen LogP contribution in [-0.2, 0) is 9.59 Å². The van der Waals surface area contributed by atoms with E-state index in [-0.39, 0.29) is 0 Å². The van der Waals surface area contributed by atoms with Crippen molar-refractivity contribution in [1.29, 1.82) is 0 Å². The molecule has 3 aromatic carbocycles. The third-order valence-corrected chi connectivity index (χ3v) is 3.68. The molecule has 0 radical (unpaired) electrons. The first kappa shape index (κ1) is 14.8. The summed E-state index contributed by atoms with van der Waals surface area (Å²) in [7, 11) is 1.58. The smallest absolute Gasteiger partial charge is 0.316 e. The molecule has 0 spiro atoms.